The predicted octanol–water partition coefficient (Wildman–Crippen LogP) is 2.93. The molecule has 0 radical (unpaired) electrons. The molecule has 0 bridgehead atoms. The monoisotopic (exact) mass is 500 g/mol. The maximum atomic E-state index is 13.1. The molecule has 0 amide bonds. The second-order valence-electron chi connectivity index (χ2n) is 6.24. The predicted molar refractivity (Wildman–Crippen MR) is 121 cm³/mol. The standard InChI is InChI=1S/C20H25FN4O2.HI/c1-22-20(23-9-14-27-17-6-4-5-16(21)15-17)25-12-10-24(11-13-25)18-7-2-3-8-19(18)26;/h2-8,15,26H,9-14H2,1H3,(H,22,23);1H. The van der Waals surface area contributed by atoms with E-state index >= 15 is 0 Å². The van der Waals surface area contributed by atoms with Crippen LogP contribution in [0.15, 0.2) is 53.5 Å². The third-order valence-corrected chi connectivity index (χ3v) is 4.46. The Labute approximate surface area is 182 Å². The van der Waals surface area contributed by atoms with E-state index in [-0.39, 0.29) is 29.8 Å². The molecule has 8 heteroatoms. The lowest BCUT2D eigenvalue weighted by molar-refractivity contribution is 0.313. The number of anilines is 1. The van der Waals surface area contributed by atoms with Crippen molar-refractivity contribution in [2.45, 2.75) is 0 Å². The lowest BCUT2D eigenvalue weighted by Crippen LogP contribution is -2.53. The summed E-state index contributed by atoms with van der Waals surface area (Å²) in [5, 5.41) is 13.3. The number of nitrogens with one attached hydrogen (secondary N) is 1. The molecule has 0 spiro atoms. The number of para-hydroxylation sites is 2. The molecule has 1 aliphatic heterocycles. The first-order valence-electron chi connectivity index (χ1n) is 9.04. The Balaban J connectivity index is 0.00000280. The third-order valence-electron chi connectivity index (χ3n) is 4.46. The summed E-state index contributed by atoms with van der Waals surface area (Å²) in [7, 11) is 1.76. The first-order chi connectivity index (χ1) is 13.2. The molecule has 0 unspecified atom stereocenters. The summed E-state index contributed by atoms with van der Waals surface area (Å²) < 4.78 is 18.7. The van der Waals surface area contributed by atoms with Gasteiger partial charge in [0.2, 0.25) is 0 Å². The number of nitrogens with zero attached hydrogens (tertiary/aromatic N) is 3. The molecule has 1 heterocycles. The van der Waals surface area contributed by atoms with Crippen LogP contribution in [0, 0.1) is 5.82 Å². The minimum Gasteiger partial charge on any atom is -0.506 e. The normalized spacial score (nSPS) is 14.4. The molecular formula is C20H26FIN4O2. The molecule has 0 aromatic heterocycles. The van der Waals surface area contributed by atoms with Gasteiger partial charge in [0.1, 0.15) is 23.9 Å². The average molecular weight is 500 g/mol. The van der Waals surface area contributed by atoms with Crippen molar-refractivity contribution in [2.24, 2.45) is 4.99 Å². The topological polar surface area (TPSA) is 60.3 Å². The van der Waals surface area contributed by atoms with Gasteiger partial charge in [0.15, 0.2) is 5.96 Å². The molecule has 28 heavy (non-hydrogen) atoms. The maximum absolute atomic E-state index is 13.1. The lowest BCUT2D eigenvalue weighted by Gasteiger charge is -2.37. The Morgan fingerprint density at radius 3 is 2.57 bits per heavy atom. The van der Waals surface area contributed by atoms with Crippen molar-refractivity contribution >= 4 is 35.6 Å². The molecule has 0 aliphatic carbocycles. The average Bonchev–Trinajstić information content (AvgIpc) is 2.69. The summed E-state index contributed by atoms with van der Waals surface area (Å²) in [4.78, 5) is 8.69. The second kappa shape index (κ2) is 10.9. The van der Waals surface area contributed by atoms with Gasteiger partial charge in [-0.3, -0.25) is 4.99 Å². The van der Waals surface area contributed by atoms with E-state index in [4.69, 9.17) is 4.74 Å². The quantitative estimate of drug-likeness (QED) is 0.286. The van der Waals surface area contributed by atoms with Crippen molar-refractivity contribution in [1.29, 1.82) is 0 Å². The first-order valence-corrected chi connectivity index (χ1v) is 9.04. The van der Waals surface area contributed by atoms with E-state index in [0.717, 1.165) is 37.8 Å². The second-order valence-corrected chi connectivity index (χ2v) is 6.24. The molecule has 3 rings (SSSR count). The number of hydrogen-bond acceptors (Lipinski definition) is 4. The molecule has 2 aromatic rings. The molecule has 0 atom stereocenters. The summed E-state index contributed by atoms with van der Waals surface area (Å²) in [6.07, 6.45) is 0. The zero-order chi connectivity index (χ0) is 19.1. The van der Waals surface area contributed by atoms with Crippen molar-refractivity contribution in [3.63, 3.8) is 0 Å². The van der Waals surface area contributed by atoms with Crippen LogP contribution in [0.5, 0.6) is 11.5 Å². The van der Waals surface area contributed by atoms with Crippen LogP contribution in [0.4, 0.5) is 10.1 Å². The van der Waals surface area contributed by atoms with E-state index in [2.05, 4.69) is 20.1 Å². The van der Waals surface area contributed by atoms with E-state index in [1.165, 1.54) is 12.1 Å². The molecule has 0 saturated carbocycles. The fourth-order valence-electron chi connectivity index (χ4n) is 3.11. The van der Waals surface area contributed by atoms with Crippen LogP contribution in [0.1, 0.15) is 0 Å². The number of aliphatic imine (C=N–C) groups is 1. The molecule has 2 aromatic carbocycles. The highest BCUT2D eigenvalue weighted by atomic mass is 127. The van der Waals surface area contributed by atoms with Crippen molar-refractivity contribution in [3.05, 3.63) is 54.3 Å². The van der Waals surface area contributed by atoms with E-state index in [1.807, 2.05) is 18.2 Å². The molecule has 152 valence electrons. The van der Waals surface area contributed by atoms with Gasteiger partial charge in [0, 0.05) is 39.3 Å². The number of hydrogen-bond donors (Lipinski definition) is 2. The minimum atomic E-state index is -0.307. The number of phenols is 1. The zero-order valence-electron chi connectivity index (χ0n) is 15.8. The number of piperazine rings is 1. The molecule has 6 nitrogen and oxygen atoms in total. The number of halogens is 2. The highest BCUT2D eigenvalue weighted by Gasteiger charge is 2.21. The van der Waals surface area contributed by atoms with Crippen LogP contribution in [0.25, 0.3) is 0 Å². The van der Waals surface area contributed by atoms with Gasteiger partial charge < -0.3 is 25.0 Å². The SMILES string of the molecule is CN=C(NCCOc1cccc(F)c1)N1CCN(c2ccccc2O)CC1.I. The summed E-state index contributed by atoms with van der Waals surface area (Å²) in [6.45, 7) is 4.21. The number of aromatic hydroxyl groups is 1. The van der Waals surface area contributed by atoms with E-state index in [0.29, 0.717) is 24.7 Å². The highest BCUT2D eigenvalue weighted by Crippen LogP contribution is 2.27. The number of benzene rings is 2. The fourth-order valence-corrected chi connectivity index (χ4v) is 3.11. The Kier molecular flexibility index (Phi) is 8.62. The zero-order valence-corrected chi connectivity index (χ0v) is 18.2. The van der Waals surface area contributed by atoms with E-state index < -0.39 is 0 Å². The van der Waals surface area contributed by atoms with Crippen molar-refractivity contribution < 1.29 is 14.2 Å². The molecular weight excluding hydrogens is 474 g/mol. The van der Waals surface area contributed by atoms with Crippen LogP contribution >= 0.6 is 24.0 Å². The van der Waals surface area contributed by atoms with Gasteiger partial charge >= 0.3 is 0 Å². The van der Waals surface area contributed by atoms with Gasteiger partial charge in [0.25, 0.3) is 0 Å². The molecule has 1 saturated heterocycles. The van der Waals surface area contributed by atoms with E-state index in [1.54, 1.807) is 25.2 Å². The molecule has 1 fully saturated rings. The van der Waals surface area contributed by atoms with Crippen LogP contribution in [0.2, 0.25) is 0 Å². The Morgan fingerprint density at radius 2 is 1.89 bits per heavy atom. The van der Waals surface area contributed by atoms with Crippen LogP contribution < -0.4 is 15.0 Å². The number of phenolic OH excluding ortho intramolecular Hbond substituents is 1. The van der Waals surface area contributed by atoms with Crippen molar-refractivity contribution in [1.82, 2.24) is 10.2 Å². The van der Waals surface area contributed by atoms with Gasteiger partial charge in [-0.15, -0.1) is 24.0 Å². The number of rotatable bonds is 5. The Morgan fingerprint density at radius 1 is 1.14 bits per heavy atom. The van der Waals surface area contributed by atoms with Gasteiger partial charge in [0.05, 0.1) is 12.2 Å². The third kappa shape index (κ3) is 5.88. The highest BCUT2D eigenvalue weighted by molar-refractivity contribution is 14.0. The minimum absolute atomic E-state index is 0. The Bertz CT molecular complexity index is 782. The summed E-state index contributed by atoms with van der Waals surface area (Å²) in [5.74, 6) is 1.33. The van der Waals surface area contributed by atoms with Gasteiger partial charge in [-0.25, -0.2) is 4.39 Å². The largest absolute Gasteiger partial charge is 0.506 e. The van der Waals surface area contributed by atoms with Gasteiger partial charge in [-0.2, -0.15) is 0 Å². The number of guanidine groups is 1. The Hall–Kier alpha value is -2.23. The van der Waals surface area contributed by atoms with Gasteiger partial charge in [-0.05, 0) is 24.3 Å². The van der Waals surface area contributed by atoms with Crippen LogP contribution in [-0.2, 0) is 0 Å². The smallest absolute Gasteiger partial charge is 0.193 e. The molecule has 2 N–H and O–H groups in total. The first kappa shape index (κ1) is 22.1. The summed E-state index contributed by atoms with van der Waals surface area (Å²) in [6, 6.07) is 13.5. The van der Waals surface area contributed by atoms with Crippen LogP contribution in [0.3, 0.4) is 0 Å². The summed E-state index contributed by atoms with van der Waals surface area (Å²) >= 11 is 0. The van der Waals surface area contributed by atoms with Crippen molar-refractivity contribution in [2.75, 3.05) is 51.3 Å². The van der Waals surface area contributed by atoms with Crippen LogP contribution in [-0.4, -0.2) is 62.3 Å². The van der Waals surface area contributed by atoms with Crippen molar-refractivity contribution in [3.8, 4) is 11.5 Å². The van der Waals surface area contributed by atoms with E-state index in [9.17, 15) is 9.50 Å². The maximum Gasteiger partial charge on any atom is 0.193 e. The summed E-state index contributed by atoms with van der Waals surface area (Å²) in [5.41, 5.74) is 0.864. The number of ether oxygens (including phenoxy) is 1. The lowest BCUT2D eigenvalue weighted by atomic mass is 10.2. The van der Waals surface area contributed by atoms with Gasteiger partial charge in [-0.1, -0.05) is 18.2 Å². The molecule has 1 aliphatic rings. The fraction of sp³-hybridized carbons (Fsp3) is 0.350.